The Kier molecular flexibility index (Phi) is 4.09. The molecule has 2 aromatic heterocycles. The molecule has 0 spiro atoms. The van der Waals surface area contributed by atoms with Crippen molar-refractivity contribution in [3.8, 4) is 0 Å². The molecule has 25 heavy (non-hydrogen) atoms. The number of aromatic nitrogens is 1. The second kappa shape index (κ2) is 6.41. The molecule has 2 N–H and O–H groups in total. The second-order valence-corrected chi connectivity index (χ2v) is 6.90. The molecule has 0 saturated carbocycles. The molecular formula is C20H17BrN2O2. The monoisotopic (exact) mass is 396 g/mol. The van der Waals surface area contributed by atoms with E-state index >= 15 is 0 Å². The van der Waals surface area contributed by atoms with Crippen LogP contribution in [0.15, 0.2) is 57.4 Å². The zero-order valence-electron chi connectivity index (χ0n) is 13.7. The van der Waals surface area contributed by atoms with Crippen molar-refractivity contribution in [3.05, 3.63) is 70.0 Å². The molecule has 2 aromatic carbocycles. The molecule has 4 nitrogen and oxygen atoms in total. The number of carbonyl (C=O) groups is 1. The van der Waals surface area contributed by atoms with E-state index < -0.39 is 0 Å². The summed E-state index contributed by atoms with van der Waals surface area (Å²) < 4.78 is 6.56. The largest absolute Gasteiger partial charge is 0.451 e. The lowest BCUT2D eigenvalue weighted by Crippen LogP contribution is -2.25. The van der Waals surface area contributed by atoms with Gasteiger partial charge < -0.3 is 14.7 Å². The first-order chi connectivity index (χ1) is 12.1. The van der Waals surface area contributed by atoms with Crippen LogP contribution in [0.25, 0.3) is 21.9 Å². The lowest BCUT2D eigenvalue weighted by molar-refractivity contribution is 0.0928. The first-order valence-electron chi connectivity index (χ1n) is 8.16. The summed E-state index contributed by atoms with van der Waals surface area (Å²) in [5.74, 6) is 0.137. The van der Waals surface area contributed by atoms with Crippen molar-refractivity contribution >= 4 is 43.7 Å². The maximum atomic E-state index is 12.4. The number of furan rings is 1. The van der Waals surface area contributed by atoms with E-state index in [0.29, 0.717) is 17.9 Å². The van der Waals surface area contributed by atoms with Crippen molar-refractivity contribution in [1.82, 2.24) is 10.3 Å². The van der Waals surface area contributed by atoms with Crippen molar-refractivity contribution in [1.29, 1.82) is 0 Å². The molecule has 2 heterocycles. The smallest absolute Gasteiger partial charge is 0.287 e. The lowest BCUT2D eigenvalue weighted by Gasteiger charge is -2.04. The molecule has 1 amide bonds. The van der Waals surface area contributed by atoms with Crippen LogP contribution in [0.1, 0.15) is 21.8 Å². The highest BCUT2D eigenvalue weighted by Crippen LogP contribution is 2.27. The summed E-state index contributed by atoms with van der Waals surface area (Å²) >= 11 is 3.47. The van der Waals surface area contributed by atoms with Gasteiger partial charge in [-0.15, -0.1) is 0 Å². The van der Waals surface area contributed by atoms with Gasteiger partial charge in [-0.3, -0.25) is 4.79 Å². The van der Waals surface area contributed by atoms with Crippen LogP contribution in [0.3, 0.4) is 0 Å². The van der Waals surface area contributed by atoms with Crippen LogP contribution < -0.4 is 5.32 Å². The fraction of sp³-hybridized carbons (Fsp3) is 0.150. The number of fused-ring (bicyclic) bond motifs is 2. The van der Waals surface area contributed by atoms with Crippen molar-refractivity contribution in [2.75, 3.05) is 6.54 Å². The van der Waals surface area contributed by atoms with Crippen LogP contribution in [-0.2, 0) is 6.42 Å². The number of carbonyl (C=O) groups excluding carboxylic acids is 1. The number of H-pyrrole nitrogens is 1. The Hall–Kier alpha value is -2.53. The molecule has 0 radical (unpaired) electrons. The van der Waals surface area contributed by atoms with E-state index in [2.05, 4.69) is 45.3 Å². The summed E-state index contributed by atoms with van der Waals surface area (Å²) in [5.41, 5.74) is 4.21. The van der Waals surface area contributed by atoms with Gasteiger partial charge in [-0.1, -0.05) is 40.2 Å². The Morgan fingerprint density at radius 1 is 1.16 bits per heavy atom. The Balaban J connectivity index is 1.48. The predicted octanol–water partition coefficient (Wildman–Crippen LogP) is 4.96. The molecule has 0 unspecified atom stereocenters. The van der Waals surface area contributed by atoms with Crippen LogP contribution in [0.4, 0.5) is 0 Å². The molecule has 126 valence electrons. The molecular weight excluding hydrogens is 380 g/mol. The number of para-hydroxylation sites is 1. The molecule has 0 saturated heterocycles. The molecule has 0 bridgehead atoms. The van der Waals surface area contributed by atoms with Gasteiger partial charge in [0.2, 0.25) is 0 Å². The number of hydrogen-bond acceptors (Lipinski definition) is 2. The molecule has 4 rings (SSSR count). The molecule has 0 aliphatic carbocycles. The van der Waals surface area contributed by atoms with E-state index in [1.807, 2.05) is 30.3 Å². The SMILES string of the molecule is Cc1[nH]c2ccccc2c1CCNC(=O)c1cc2c(Br)cccc2o1. The van der Waals surface area contributed by atoms with E-state index in [4.69, 9.17) is 4.42 Å². The van der Waals surface area contributed by atoms with Gasteiger partial charge >= 0.3 is 0 Å². The Bertz CT molecular complexity index is 1080. The van der Waals surface area contributed by atoms with Gasteiger partial charge in [0.15, 0.2) is 5.76 Å². The summed E-state index contributed by atoms with van der Waals surface area (Å²) in [6, 6.07) is 15.7. The topological polar surface area (TPSA) is 58.0 Å². The third kappa shape index (κ3) is 2.96. The normalized spacial score (nSPS) is 11.3. The van der Waals surface area contributed by atoms with Crippen LogP contribution in [0, 0.1) is 6.92 Å². The fourth-order valence-electron chi connectivity index (χ4n) is 3.18. The average molecular weight is 397 g/mol. The van der Waals surface area contributed by atoms with Crippen LogP contribution in [0.2, 0.25) is 0 Å². The molecule has 0 aliphatic heterocycles. The number of rotatable bonds is 4. The summed E-state index contributed by atoms with van der Waals surface area (Å²) in [5, 5.41) is 5.06. The number of hydrogen-bond donors (Lipinski definition) is 2. The number of aryl methyl sites for hydroxylation is 1. The minimum atomic E-state index is -0.194. The highest BCUT2D eigenvalue weighted by Gasteiger charge is 2.14. The predicted molar refractivity (Wildman–Crippen MR) is 103 cm³/mol. The van der Waals surface area contributed by atoms with Gasteiger partial charge in [-0.05, 0) is 43.2 Å². The summed E-state index contributed by atoms with van der Waals surface area (Å²) in [6.07, 6.45) is 0.769. The number of aromatic amines is 1. The second-order valence-electron chi connectivity index (χ2n) is 6.04. The van der Waals surface area contributed by atoms with Gasteiger partial charge in [0, 0.05) is 33.0 Å². The summed E-state index contributed by atoms with van der Waals surface area (Å²) in [7, 11) is 0. The maximum absolute atomic E-state index is 12.4. The van der Waals surface area contributed by atoms with Gasteiger partial charge in [0.1, 0.15) is 5.58 Å². The maximum Gasteiger partial charge on any atom is 0.287 e. The minimum Gasteiger partial charge on any atom is -0.451 e. The zero-order chi connectivity index (χ0) is 17.4. The third-order valence-corrected chi connectivity index (χ3v) is 5.11. The fourth-order valence-corrected chi connectivity index (χ4v) is 3.64. The van der Waals surface area contributed by atoms with E-state index in [1.54, 1.807) is 6.07 Å². The van der Waals surface area contributed by atoms with Gasteiger partial charge in [-0.2, -0.15) is 0 Å². The van der Waals surface area contributed by atoms with Gasteiger partial charge in [0.25, 0.3) is 5.91 Å². The van der Waals surface area contributed by atoms with Crippen LogP contribution >= 0.6 is 15.9 Å². The van der Waals surface area contributed by atoms with Crippen molar-refractivity contribution in [2.45, 2.75) is 13.3 Å². The van der Waals surface area contributed by atoms with Crippen molar-refractivity contribution in [2.24, 2.45) is 0 Å². The van der Waals surface area contributed by atoms with Crippen LogP contribution in [0.5, 0.6) is 0 Å². The minimum absolute atomic E-state index is 0.194. The Labute approximate surface area is 153 Å². The van der Waals surface area contributed by atoms with Crippen LogP contribution in [-0.4, -0.2) is 17.4 Å². The Morgan fingerprint density at radius 2 is 2.00 bits per heavy atom. The molecule has 0 aliphatic rings. The van der Waals surface area contributed by atoms with Crippen molar-refractivity contribution < 1.29 is 9.21 Å². The van der Waals surface area contributed by atoms with E-state index in [-0.39, 0.29) is 5.91 Å². The quantitative estimate of drug-likeness (QED) is 0.512. The molecule has 5 heteroatoms. The van der Waals surface area contributed by atoms with E-state index in [0.717, 1.165) is 27.5 Å². The number of halogens is 1. The van der Waals surface area contributed by atoms with Crippen molar-refractivity contribution in [3.63, 3.8) is 0 Å². The number of nitrogens with one attached hydrogen (secondary N) is 2. The first-order valence-corrected chi connectivity index (χ1v) is 8.95. The van der Waals surface area contributed by atoms with Gasteiger partial charge in [0.05, 0.1) is 0 Å². The highest BCUT2D eigenvalue weighted by molar-refractivity contribution is 9.10. The van der Waals surface area contributed by atoms with E-state index in [9.17, 15) is 4.79 Å². The summed E-state index contributed by atoms with van der Waals surface area (Å²) in [6.45, 7) is 2.62. The first kappa shape index (κ1) is 16.0. The lowest BCUT2D eigenvalue weighted by atomic mass is 10.1. The van der Waals surface area contributed by atoms with E-state index in [1.165, 1.54) is 10.9 Å². The number of amides is 1. The van der Waals surface area contributed by atoms with Gasteiger partial charge in [-0.25, -0.2) is 0 Å². The highest BCUT2D eigenvalue weighted by atomic mass is 79.9. The third-order valence-electron chi connectivity index (χ3n) is 4.42. The standard InChI is InChI=1S/C20H17BrN2O2/c1-12-13(14-5-2-3-7-17(14)23-12)9-10-22-20(24)19-11-15-16(21)6-4-8-18(15)25-19/h2-8,11,23H,9-10H2,1H3,(H,22,24). The Morgan fingerprint density at radius 3 is 2.84 bits per heavy atom. The molecule has 0 atom stereocenters. The number of benzene rings is 2. The average Bonchev–Trinajstić information content (AvgIpc) is 3.17. The molecule has 4 aromatic rings. The summed E-state index contributed by atoms with van der Waals surface area (Å²) in [4.78, 5) is 15.8. The molecule has 0 fully saturated rings. The zero-order valence-corrected chi connectivity index (χ0v) is 15.3.